The normalized spacial score (nSPS) is 44.8. The summed E-state index contributed by atoms with van der Waals surface area (Å²) in [7, 11) is 0. The lowest BCUT2D eigenvalue weighted by Gasteiger charge is -2.19. The Morgan fingerprint density at radius 2 is 1.92 bits per heavy atom. The van der Waals surface area contributed by atoms with Gasteiger partial charge in [-0.25, -0.2) is 0 Å². The molecule has 0 saturated carbocycles. The fourth-order valence-corrected chi connectivity index (χ4v) is 1.46. The largest absolute Gasteiger partial charge is 0.396 e. The van der Waals surface area contributed by atoms with Crippen molar-refractivity contribution in [3.8, 4) is 0 Å². The quantitative estimate of drug-likeness (QED) is 0.511. The smallest absolute Gasteiger partial charge is 0.109 e. The molecule has 1 fully saturated rings. The minimum absolute atomic E-state index is 0.0405. The Morgan fingerprint density at radius 3 is 2.25 bits per heavy atom. The fourth-order valence-electron chi connectivity index (χ4n) is 1.46. The summed E-state index contributed by atoms with van der Waals surface area (Å²) in [5.74, 6) is -0.139. The van der Waals surface area contributed by atoms with E-state index in [0.717, 1.165) is 0 Å². The number of hydrogen-bond acceptors (Lipinski definition) is 4. The molecule has 0 aromatic heterocycles. The second-order valence-corrected chi connectivity index (χ2v) is 3.45. The minimum atomic E-state index is -0.873. The molecule has 0 amide bonds. The first-order chi connectivity index (χ1) is 5.57. The zero-order chi connectivity index (χ0) is 9.30. The first kappa shape index (κ1) is 9.92. The molecule has 1 saturated heterocycles. The van der Waals surface area contributed by atoms with Crippen LogP contribution in [0.25, 0.3) is 0 Å². The zero-order valence-electron chi connectivity index (χ0n) is 7.34. The third kappa shape index (κ3) is 1.61. The summed E-state index contributed by atoms with van der Waals surface area (Å²) in [6.45, 7) is 3.44. The van der Waals surface area contributed by atoms with Crippen LogP contribution >= 0.6 is 0 Å². The summed E-state index contributed by atoms with van der Waals surface area (Å²) >= 11 is 0. The molecule has 5 atom stereocenters. The number of ether oxygens (including phenoxy) is 1. The molecule has 0 aliphatic carbocycles. The van der Waals surface area contributed by atoms with Gasteiger partial charge in [-0.2, -0.15) is 0 Å². The lowest BCUT2D eigenvalue weighted by Crippen LogP contribution is -2.36. The molecular formula is C8H16O4. The van der Waals surface area contributed by atoms with Crippen LogP contribution in [0.4, 0.5) is 0 Å². The Bertz CT molecular complexity index is 150. The molecule has 1 heterocycles. The predicted octanol–water partition coefficient (Wildman–Crippen LogP) is -0.876. The van der Waals surface area contributed by atoms with E-state index < -0.39 is 18.3 Å². The van der Waals surface area contributed by atoms with E-state index in [1.54, 1.807) is 13.8 Å². The first-order valence-electron chi connectivity index (χ1n) is 4.20. The van der Waals surface area contributed by atoms with Gasteiger partial charge in [0.25, 0.3) is 0 Å². The molecule has 4 nitrogen and oxygen atoms in total. The topological polar surface area (TPSA) is 69.9 Å². The van der Waals surface area contributed by atoms with Crippen LogP contribution in [0.5, 0.6) is 0 Å². The monoisotopic (exact) mass is 176 g/mol. The lowest BCUT2D eigenvalue weighted by atomic mass is 9.99. The Labute approximate surface area is 71.8 Å². The summed E-state index contributed by atoms with van der Waals surface area (Å²) < 4.78 is 5.28. The van der Waals surface area contributed by atoms with E-state index in [1.165, 1.54) is 0 Å². The molecule has 0 bridgehead atoms. The Kier molecular flexibility index (Phi) is 3.06. The summed E-state index contributed by atoms with van der Waals surface area (Å²) in [4.78, 5) is 0. The molecule has 0 radical (unpaired) electrons. The summed E-state index contributed by atoms with van der Waals surface area (Å²) in [5.41, 5.74) is 0. The summed E-state index contributed by atoms with van der Waals surface area (Å²) in [6.07, 6.45) is -2.50. The summed E-state index contributed by atoms with van der Waals surface area (Å²) in [6, 6.07) is 0. The Hall–Kier alpha value is -0.160. The van der Waals surface area contributed by atoms with Crippen LogP contribution in [0.3, 0.4) is 0 Å². The van der Waals surface area contributed by atoms with Crippen LogP contribution < -0.4 is 0 Å². The molecule has 0 aromatic rings. The number of aliphatic hydroxyl groups excluding tert-OH is 3. The van der Waals surface area contributed by atoms with Crippen molar-refractivity contribution in [3.63, 3.8) is 0 Å². The molecule has 72 valence electrons. The van der Waals surface area contributed by atoms with E-state index in [1.807, 2.05) is 0 Å². The van der Waals surface area contributed by atoms with Crippen molar-refractivity contribution in [1.29, 1.82) is 0 Å². The second kappa shape index (κ2) is 3.70. The van der Waals surface area contributed by atoms with E-state index in [-0.39, 0.29) is 18.6 Å². The highest BCUT2D eigenvalue weighted by Gasteiger charge is 2.42. The molecule has 1 aliphatic heterocycles. The van der Waals surface area contributed by atoms with Gasteiger partial charge in [-0.05, 0) is 6.92 Å². The first-order valence-corrected chi connectivity index (χ1v) is 4.20. The third-order valence-corrected chi connectivity index (χ3v) is 2.39. The van der Waals surface area contributed by atoms with Crippen molar-refractivity contribution in [2.75, 3.05) is 6.61 Å². The van der Waals surface area contributed by atoms with Crippen molar-refractivity contribution in [2.45, 2.75) is 38.3 Å². The van der Waals surface area contributed by atoms with E-state index in [0.29, 0.717) is 0 Å². The van der Waals surface area contributed by atoms with Crippen molar-refractivity contribution in [2.24, 2.45) is 5.92 Å². The average Bonchev–Trinajstić information content (AvgIpc) is 2.32. The lowest BCUT2D eigenvalue weighted by molar-refractivity contribution is -0.0299. The van der Waals surface area contributed by atoms with Crippen molar-refractivity contribution in [3.05, 3.63) is 0 Å². The molecule has 1 rings (SSSR count). The van der Waals surface area contributed by atoms with E-state index in [4.69, 9.17) is 9.84 Å². The van der Waals surface area contributed by atoms with Crippen LogP contribution in [0.15, 0.2) is 0 Å². The third-order valence-electron chi connectivity index (χ3n) is 2.39. The van der Waals surface area contributed by atoms with E-state index in [2.05, 4.69) is 0 Å². The van der Waals surface area contributed by atoms with Crippen LogP contribution in [0.1, 0.15) is 13.8 Å². The zero-order valence-corrected chi connectivity index (χ0v) is 7.34. The van der Waals surface area contributed by atoms with Gasteiger partial charge in [0.05, 0.1) is 12.2 Å². The van der Waals surface area contributed by atoms with Gasteiger partial charge in [-0.1, -0.05) is 6.92 Å². The predicted molar refractivity (Wildman–Crippen MR) is 42.6 cm³/mol. The molecule has 12 heavy (non-hydrogen) atoms. The number of rotatable bonds is 2. The molecular weight excluding hydrogens is 160 g/mol. The minimum Gasteiger partial charge on any atom is -0.396 e. The molecule has 3 N–H and O–H groups in total. The highest BCUT2D eigenvalue weighted by molar-refractivity contribution is 4.90. The van der Waals surface area contributed by atoms with Gasteiger partial charge in [-0.15, -0.1) is 0 Å². The van der Waals surface area contributed by atoms with Gasteiger partial charge in [0.1, 0.15) is 12.2 Å². The van der Waals surface area contributed by atoms with Crippen LogP contribution in [-0.2, 0) is 4.74 Å². The molecule has 1 aliphatic rings. The number of aliphatic hydroxyl groups is 3. The second-order valence-electron chi connectivity index (χ2n) is 3.45. The van der Waals surface area contributed by atoms with E-state index in [9.17, 15) is 10.2 Å². The molecule has 0 spiro atoms. The molecule has 3 unspecified atom stereocenters. The van der Waals surface area contributed by atoms with Crippen LogP contribution in [0.2, 0.25) is 0 Å². The van der Waals surface area contributed by atoms with Crippen molar-refractivity contribution < 1.29 is 20.1 Å². The van der Waals surface area contributed by atoms with Gasteiger partial charge in [-0.3, -0.25) is 0 Å². The van der Waals surface area contributed by atoms with Gasteiger partial charge in [0.2, 0.25) is 0 Å². The van der Waals surface area contributed by atoms with Crippen molar-refractivity contribution >= 4 is 0 Å². The Balaban J connectivity index is 2.58. The summed E-state index contributed by atoms with van der Waals surface area (Å²) in [5, 5.41) is 27.6. The maximum absolute atomic E-state index is 9.44. The van der Waals surface area contributed by atoms with Gasteiger partial charge < -0.3 is 20.1 Å². The highest BCUT2D eigenvalue weighted by atomic mass is 16.5. The van der Waals surface area contributed by atoms with Crippen molar-refractivity contribution in [1.82, 2.24) is 0 Å². The van der Waals surface area contributed by atoms with Gasteiger partial charge in [0, 0.05) is 12.5 Å². The van der Waals surface area contributed by atoms with Crippen LogP contribution in [-0.4, -0.2) is 46.3 Å². The Morgan fingerprint density at radius 1 is 1.33 bits per heavy atom. The van der Waals surface area contributed by atoms with Crippen LogP contribution in [0, 0.1) is 5.92 Å². The molecule has 0 aromatic carbocycles. The SMILES string of the molecule is CC1O[C@@H]([C@H](C)CO)C(O)C1O. The molecule has 4 heteroatoms. The van der Waals surface area contributed by atoms with Gasteiger partial charge >= 0.3 is 0 Å². The standard InChI is InChI=1S/C8H16O4/c1-4(3-9)8-7(11)6(10)5(2)12-8/h4-11H,3H2,1-2H3/t4-,5?,6?,7?,8+/m1/s1. The fraction of sp³-hybridized carbons (Fsp3) is 1.00. The van der Waals surface area contributed by atoms with Gasteiger partial charge in [0.15, 0.2) is 0 Å². The highest BCUT2D eigenvalue weighted by Crippen LogP contribution is 2.25. The number of hydrogen-bond donors (Lipinski definition) is 3. The average molecular weight is 176 g/mol. The maximum atomic E-state index is 9.44. The maximum Gasteiger partial charge on any atom is 0.109 e. The van der Waals surface area contributed by atoms with E-state index >= 15 is 0 Å².